The van der Waals surface area contributed by atoms with Crippen molar-refractivity contribution in [2.75, 3.05) is 0 Å². The first kappa shape index (κ1) is 9.01. The normalized spacial score (nSPS) is 10.9. The summed E-state index contributed by atoms with van der Waals surface area (Å²) in [5.41, 5.74) is 0. The fourth-order valence-corrected chi connectivity index (χ4v) is 3.00. The standard InChI is InChI=1S/2C3H5.2CH3.Al/c2*1-3-2;;;/h2*3H,1-2H2;2*1H3;/q;;;;-1. The third kappa shape index (κ3) is 4.51. The van der Waals surface area contributed by atoms with Gasteiger partial charge in [-0.15, -0.1) is 25.3 Å². The first-order valence-electron chi connectivity index (χ1n) is 3.60. The quantitative estimate of drug-likeness (QED) is 0.415. The van der Waals surface area contributed by atoms with Gasteiger partial charge in [-0.3, -0.25) is 0 Å². The van der Waals surface area contributed by atoms with E-state index >= 15 is 0 Å². The smallest absolute Gasteiger partial charge is 0.136 e. The van der Waals surface area contributed by atoms with Gasteiger partial charge in [0.25, 0.3) is 0 Å². The van der Waals surface area contributed by atoms with Gasteiger partial charge in [0.05, 0.1) is 0 Å². The van der Waals surface area contributed by atoms with Crippen molar-refractivity contribution in [3.63, 3.8) is 0 Å². The van der Waals surface area contributed by atoms with Crippen LogP contribution < -0.4 is 0 Å². The Hall–Kier alpha value is 0.0125. The molecule has 0 fully saturated rings. The molecule has 0 nitrogen and oxygen atoms in total. The van der Waals surface area contributed by atoms with Crippen LogP contribution in [0.1, 0.15) is 0 Å². The number of hydrogen-bond acceptors (Lipinski definition) is 0. The van der Waals surface area contributed by atoms with Crippen LogP contribution in [0.2, 0.25) is 22.1 Å². The second-order valence-corrected chi connectivity index (χ2v) is 9.49. The van der Waals surface area contributed by atoms with Crippen LogP contribution in [0, 0.1) is 0 Å². The average Bonchev–Trinajstić information content (AvgIpc) is 1.64. The van der Waals surface area contributed by atoms with Gasteiger partial charge in [-0.2, -0.15) is 10.6 Å². The van der Waals surface area contributed by atoms with Gasteiger partial charge in [-0.25, -0.2) is 11.6 Å². The van der Waals surface area contributed by atoms with Gasteiger partial charge in [0.2, 0.25) is 0 Å². The highest BCUT2D eigenvalue weighted by molar-refractivity contribution is 6.78. The van der Waals surface area contributed by atoms with E-state index in [2.05, 4.69) is 24.7 Å². The van der Waals surface area contributed by atoms with E-state index in [0.29, 0.717) is 0 Å². The first-order chi connectivity index (χ1) is 4.12. The van der Waals surface area contributed by atoms with Gasteiger partial charge in [-0.05, 0) is 0 Å². The zero-order chi connectivity index (χ0) is 7.33. The fraction of sp³-hybridized carbons (Fsp3) is 0.500. The van der Waals surface area contributed by atoms with Gasteiger partial charge in [0.15, 0.2) is 0 Å². The summed E-state index contributed by atoms with van der Waals surface area (Å²) in [6, 6.07) is 0. The van der Waals surface area contributed by atoms with Gasteiger partial charge >= 0.3 is 0 Å². The van der Waals surface area contributed by atoms with Crippen LogP contribution >= 0.6 is 0 Å². The number of allylic oxidation sites excluding steroid dienone is 2. The molecule has 52 valence electrons. The van der Waals surface area contributed by atoms with Crippen LogP contribution in [0.15, 0.2) is 25.3 Å². The van der Waals surface area contributed by atoms with E-state index in [1.54, 1.807) is 0 Å². The Morgan fingerprint density at radius 3 is 1.67 bits per heavy atom. The fourth-order valence-electron chi connectivity index (χ4n) is 0.999. The average molecular weight is 139 g/mol. The summed E-state index contributed by atoms with van der Waals surface area (Å²) in [6.45, 7) is 7.47. The molecule has 1 heteroatoms. The molecule has 0 rings (SSSR count). The molecule has 0 aliphatic heterocycles. The van der Waals surface area contributed by atoms with E-state index in [9.17, 15) is 0 Å². The van der Waals surface area contributed by atoms with E-state index in [-0.39, 0.29) is 0 Å². The largest absolute Gasteiger partial charge is 0.203 e. The second-order valence-electron chi connectivity index (χ2n) is 3.55. The van der Waals surface area contributed by atoms with E-state index in [1.165, 1.54) is 10.6 Å². The van der Waals surface area contributed by atoms with Crippen molar-refractivity contribution in [1.29, 1.82) is 0 Å². The number of hydrogen-bond donors (Lipinski definition) is 0. The molecular formula is C8H16Al-. The van der Waals surface area contributed by atoms with Crippen LogP contribution in [0.3, 0.4) is 0 Å². The Balaban J connectivity index is 3.68. The molecule has 0 unspecified atom stereocenters. The molecule has 0 atom stereocenters. The van der Waals surface area contributed by atoms with Crippen molar-refractivity contribution in [1.82, 2.24) is 0 Å². The SMILES string of the molecule is C=C[CH2][Al-]([CH3])([CH3])[CH2]C=C. The lowest BCUT2D eigenvalue weighted by Crippen LogP contribution is -2.22. The lowest BCUT2D eigenvalue weighted by molar-refractivity contribution is 1.43. The molecular weight excluding hydrogens is 123 g/mol. The molecule has 0 amide bonds. The maximum atomic E-state index is 3.74. The van der Waals surface area contributed by atoms with Crippen molar-refractivity contribution in [3.8, 4) is 0 Å². The molecule has 0 saturated heterocycles. The predicted molar refractivity (Wildman–Crippen MR) is 47.5 cm³/mol. The zero-order valence-electron chi connectivity index (χ0n) is 6.56. The molecule has 0 aliphatic rings. The molecule has 0 aromatic rings. The Bertz CT molecular complexity index is 91.1. The van der Waals surface area contributed by atoms with Gasteiger partial charge in [0, 0.05) is 0 Å². The van der Waals surface area contributed by atoms with E-state index in [4.69, 9.17) is 0 Å². The predicted octanol–water partition coefficient (Wildman–Crippen LogP) is 3.07. The van der Waals surface area contributed by atoms with Gasteiger partial charge in [-0.1, -0.05) is 0 Å². The molecule has 0 aromatic heterocycles. The third-order valence-corrected chi connectivity index (χ3v) is 4.83. The minimum atomic E-state index is -1.20. The van der Waals surface area contributed by atoms with Crippen LogP contribution in [0.25, 0.3) is 0 Å². The lowest BCUT2D eigenvalue weighted by Gasteiger charge is -2.20. The molecule has 0 heterocycles. The molecule has 0 aliphatic carbocycles. The summed E-state index contributed by atoms with van der Waals surface area (Å²) < 4.78 is 0. The topological polar surface area (TPSA) is 0 Å². The molecule has 0 saturated carbocycles. The first-order valence-corrected chi connectivity index (χ1v) is 7.55. The highest BCUT2D eigenvalue weighted by Gasteiger charge is 2.12. The Morgan fingerprint density at radius 1 is 1.11 bits per heavy atom. The minimum absolute atomic E-state index is 1.20. The van der Waals surface area contributed by atoms with Gasteiger partial charge < -0.3 is 0 Å². The van der Waals surface area contributed by atoms with Gasteiger partial charge in [0.1, 0.15) is 13.1 Å². The maximum absolute atomic E-state index is 3.74. The highest BCUT2D eigenvalue weighted by Crippen LogP contribution is 2.14. The minimum Gasteiger partial charge on any atom is -0.203 e. The molecule has 0 N–H and O–H groups in total. The molecule has 0 bridgehead atoms. The van der Waals surface area contributed by atoms with E-state index in [1.807, 2.05) is 12.2 Å². The van der Waals surface area contributed by atoms with E-state index < -0.39 is 13.1 Å². The Kier molecular flexibility index (Phi) is 3.94. The van der Waals surface area contributed by atoms with Crippen molar-refractivity contribution < 1.29 is 0 Å². The van der Waals surface area contributed by atoms with Crippen molar-refractivity contribution in [2.45, 2.75) is 22.1 Å². The molecule has 0 aromatic carbocycles. The van der Waals surface area contributed by atoms with Crippen LogP contribution in [-0.2, 0) is 0 Å². The monoisotopic (exact) mass is 139 g/mol. The Labute approximate surface area is 61.0 Å². The van der Waals surface area contributed by atoms with E-state index in [0.717, 1.165) is 0 Å². The zero-order valence-corrected chi connectivity index (χ0v) is 7.72. The van der Waals surface area contributed by atoms with Crippen molar-refractivity contribution in [3.05, 3.63) is 25.3 Å². The maximum Gasteiger partial charge on any atom is 0.136 e. The summed E-state index contributed by atoms with van der Waals surface area (Å²) in [5.74, 6) is 4.77. The second kappa shape index (κ2) is 3.93. The van der Waals surface area contributed by atoms with Crippen molar-refractivity contribution in [2.24, 2.45) is 0 Å². The number of rotatable bonds is 4. The van der Waals surface area contributed by atoms with Crippen LogP contribution in [0.4, 0.5) is 0 Å². The summed E-state index contributed by atoms with van der Waals surface area (Å²) in [4.78, 5) is 0. The molecule has 0 spiro atoms. The summed E-state index contributed by atoms with van der Waals surface area (Å²) in [7, 11) is 0. The Morgan fingerprint density at radius 2 is 1.44 bits per heavy atom. The van der Waals surface area contributed by atoms with Crippen molar-refractivity contribution >= 4 is 13.1 Å². The van der Waals surface area contributed by atoms with Crippen LogP contribution in [-0.4, -0.2) is 13.1 Å². The molecule has 0 radical (unpaired) electrons. The summed E-state index contributed by atoms with van der Waals surface area (Å²) in [5, 5.41) is 2.47. The lowest BCUT2D eigenvalue weighted by atomic mass is 10.7. The highest BCUT2D eigenvalue weighted by atomic mass is 27.2. The molecule has 9 heavy (non-hydrogen) atoms. The summed E-state index contributed by atoms with van der Waals surface area (Å²) >= 11 is -1.20. The summed E-state index contributed by atoms with van der Waals surface area (Å²) in [6.07, 6.45) is 4.07. The van der Waals surface area contributed by atoms with Crippen LogP contribution in [0.5, 0.6) is 0 Å². The third-order valence-electron chi connectivity index (χ3n) is 1.61.